The summed E-state index contributed by atoms with van der Waals surface area (Å²) in [6.45, 7) is 2.68. The maximum Gasteiger partial charge on any atom is 0.328 e. The molecule has 8 heteroatoms. The molecule has 0 radical (unpaired) electrons. The van der Waals surface area contributed by atoms with Crippen LogP contribution in [0.15, 0.2) is 18.2 Å². The Bertz CT molecular complexity index is 681. The summed E-state index contributed by atoms with van der Waals surface area (Å²) in [4.78, 5) is 37.9. The summed E-state index contributed by atoms with van der Waals surface area (Å²) in [7, 11) is 0. The number of likely N-dealkylation sites (tertiary alicyclic amines) is 1. The first-order valence-corrected chi connectivity index (χ1v) is 9.35. The van der Waals surface area contributed by atoms with E-state index in [1.165, 1.54) is 13.0 Å². The van der Waals surface area contributed by atoms with Crippen molar-refractivity contribution in [3.63, 3.8) is 0 Å². The first-order chi connectivity index (χ1) is 12.4. The fraction of sp³-hybridized carbons (Fsp3) is 0.500. The van der Waals surface area contributed by atoms with Crippen LogP contribution in [0.1, 0.15) is 43.0 Å². The van der Waals surface area contributed by atoms with E-state index in [-0.39, 0.29) is 28.1 Å². The third kappa shape index (κ3) is 5.61. The second kappa shape index (κ2) is 9.78. The molecule has 1 N–H and O–H groups in total. The van der Waals surface area contributed by atoms with E-state index >= 15 is 0 Å². The number of esters is 1. The topological polar surface area (TPSA) is 75.7 Å². The molecule has 1 aliphatic rings. The van der Waals surface area contributed by atoms with Crippen LogP contribution >= 0.6 is 23.2 Å². The normalized spacial score (nSPS) is 16.0. The number of nitrogens with zero attached hydrogens (tertiary/aromatic N) is 1. The molecule has 1 heterocycles. The molecule has 1 fully saturated rings. The monoisotopic (exact) mass is 400 g/mol. The average Bonchev–Trinajstić information content (AvgIpc) is 2.81. The minimum atomic E-state index is -0.850. The van der Waals surface area contributed by atoms with Crippen molar-refractivity contribution in [2.45, 2.75) is 38.6 Å². The lowest BCUT2D eigenvalue weighted by Crippen LogP contribution is -2.41. The van der Waals surface area contributed by atoms with Crippen molar-refractivity contribution in [1.82, 2.24) is 10.2 Å². The van der Waals surface area contributed by atoms with Gasteiger partial charge in [0.1, 0.15) is 12.6 Å². The van der Waals surface area contributed by atoms with Gasteiger partial charge in [0.15, 0.2) is 0 Å². The molecule has 26 heavy (non-hydrogen) atoms. The summed E-state index contributed by atoms with van der Waals surface area (Å²) >= 11 is 11.9. The van der Waals surface area contributed by atoms with E-state index < -0.39 is 17.9 Å². The lowest BCUT2D eigenvalue weighted by atomic mass is 10.2. The average molecular weight is 401 g/mol. The van der Waals surface area contributed by atoms with E-state index in [4.69, 9.17) is 27.9 Å². The number of ether oxygens (including phenoxy) is 1. The molecule has 6 nitrogen and oxygen atoms in total. The van der Waals surface area contributed by atoms with Gasteiger partial charge in [-0.1, -0.05) is 35.7 Å². The van der Waals surface area contributed by atoms with E-state index in [1.807, 2.05) is 0 Å². The Morgan fingerprint density at radius 3 is 2.81 bits per heavy atom. The summed E-state index contributed by atoms with van der Waals surface area (Å²) < 4.78 is 5.18. The predicted molar refractivity (Wildman–Crippen MR) is 99.4 cm³/mol. The number of amides is 2. The summed E-state index contributed by atoms with van der Waals surface area (Å²) in [6.07, 6.45) is 3.45. The number of carbonyl (C=O) groups excluding carboxylic acids is 3. The van der Waals surface area contributed by atoms with Crippen LogP contribution in [0, 0.1) is 0 Å². The fourth-order valence-electron chi connectivity index (χ4n) is 2.67. The summed E-state index contributed by atoms with van der Waals surface area (Å²) in [5.41, 5.74) is 0.189. The molecule has 0 saturated carbocycles. The Kier molecular flexibility index (Phi) is 7.72. The molecule has 2 amide bonds. The summed E-state index contributed by atoms with van der Waals surface area (Å²) in [6, 6.07) is 3.84. The molecule has 1 atom stereocenters. The van der Waals surface area contributed by atoms with Gasteiger partial charge in [0, 0.05) is 13.0 Å². The van der Waals surface area contributed by atoms with Gasteiger partial charge in [0.2, 0.25) is 5.91 Å². The molecule has 1 aromatic carbocycles. The minimum absolute atomic E-state index is 0.0931. The lowest BCUT2D eigenvalue weighted by Gasteiger charge is -2.21. The molecular weight excluding hydrogens is 379 g/mol. The maximum absolute atomic E-state index is 12.2. The van der Waals surface area contributed by atoms with Crippen LogP contribution in [-0.2, 0) is 14.3 Å². The molecule has 0 aliphatic carbocycles. The van der Waals surface area contributed by atoms with Gasteiger partial charge in [0.05, 0.1) is 22.2 Å². The van der Waals surface area contributed by atoms with Crippen LogP contribution < -0.4 is 5.32 Å². The molecule has 0 spiro atoms. The zero-order chi connectivity index (χ0) is 19.1. The Balaban J connectivity index is 1.80. The molecule has 142 valence electrons. The minimum Gasteiger partial charge on any atom is -0.462 e. The molecule has 1 aliphatic heterocycles. The summed E-state index contributed by atoms with van der Waals surface area (Å²) in [5, 5.41) is 2.93. The molecule has 0 unspecified atom stereocenters. The standard InChI is InChI=1S/C18H22Cl2N2O4/c1-12(21-17(24)13-6-5-7-14(19)16(13)20)18(25)26-11-10-22-9-4-2-3-8-15(22)23/h5-7,12H,2-4,8-11H2,1H3,(H,21,24)/t12-/m0/s1. The van der Waals surface area contributed by atoms with E-state index in [1.54, 1.807) is 17.0 Å². The summed E-state index contributed by atoms with van der Waals surface area (Å²) in [5.74, 6) is -0.987. The van der Waals surface area contributed by atoms with Crippen molar-refractivity contribution < 1.29 is 19.1 Å². The van der Waals surface area contributed by atoms with Crippen LogP contribution in [0.2, 0.25) is 10.0 Å². The highest BCUT2D eigenvalue weighted by Gasteiger charge is 2.21. The van der Waals surface area contributed by atoms with Gasteiger partial charge in [-0.2, -0.15) is 0 Å². The first-order valence-electron chi connectivity index (χ1n) is 8.59. The molecule has 2 rings (SSSR count). The number of rotatable bonds is 6. The van der Waals surface area contributed by atoms with Crippen LogP contribution in [0.5, 0.6) is 0 Å². The fourth-order valence-corrected chi connectivity index (χ4v) is 3.06. The van der Waals surface area contributed by atoms with Crippen molar-refractivity contribution in [3.8, 4) is 0 Å². The zero-order valence-corrected chi connectivity index (χ0v) is 16.1. The third-order valence-corrected chi connectivity index (χ3v) is 4.99. The van der Waals surface area contributed by atoms with Gasteiger partial charge >= 0.3 is 5.97 Å². The van der Waals surface area contributed by atoms with E-state index in [2.05, 4.69) is 5.32 Å². The van der Waals surface area contributed by atoms with Gasteiger partial charge in [-0.05, 0) is 31.9 Å². The lowest BCUT2D eigenvalue weighted by molar-refractivity contribution is -0.147. The number of hydrogen-bond donors (Lipinski definition) is 1. The molecule has 0 bridgehead atoms. The predicted octanol–water partition coefficient (Wildman–Crippen LogP) is 3.06. The van der Waals surface area contributed by atoms with Crippen molar-refractivity contribution in [2.75, 3.05) is 19.7 Å². The molecule has 1 aromatic rings. The number of carbonyl (C=O) groups is 3. The van der Waals surface area contributed by atoms with E-state index in [0.29, 0.717) is 19.5 Å². The largest absolute Gasteiger partial charge is 0.462 e. The highest BCUT2D eigenvalue weighted by molar-refractivity contribution is 6.43. The van der Waals surface area contributed by atoms with E-state index in [9.17, 15) is 14.4 Å². The Labute approximate surface area is 162 Å². The van der Waals surface area contributed by atoms with Crippen molar-refractivity contribution >= 4 is 41.0 Å². The quantitative estimate of drug-likeness (QED) is 0.744. The molecular formula is C18H22Cl2N2O4. The zero-order valence-electron chi connectivity index (χ0n) is 14.6. The van der Waals surface area contributed by atoms with Gasteiger partial charge in [-0.25, -0.2) is 4.79 Å². The highest BCUT2D eigenvalue weighted by atomic mass is 35.5. The van der Waals surface area contributed by atoms with Crippen LogP contribution in [0.3, 0.4) is 0 Å². The van der Waals surface area contributed by atoms with Gasteiger partial charge < -0.3 is 15.0 Å². The number of halogens is 2. The van der Waals surface area contributed by atoms with Gasteiger partial charge in [-0.3, -0.25) is 9.59 Å². The number of benzene rings is 1. The highest BCUT2D eigenvalue weighted by Crippen LogP contribution is 2.25. The van der Waals surface area contributed by atoms with E-state index in [0.717, 1.165) is 19.3 Å². The smallest absolute Gasteiger partial charge is 0.328 e. The third-order valence-electron chi connectivity index (χ3n) is 4.17. The van der Waals surface area contributed by atoms with Crippen molar-refractivity contribution in [1.29, 1.82) is 0 Å². The Morgan fingerprint density at radius 1 is 1.27 bits per heavy atom. The van der Waals surface area contributed by atoms with Crippen molar-refractivity contribution in [2.24, 2.45) is 0 Å². The van der Waals surface area contributed by atoms with Crippen LogP contribution in [0.4, 0.5) is 0 Å². The van der Waals surface area contributed by atoms with Gasteiger partial charge in [-0.15, -0.1) is 0 Å². The molecule has 0 aromatic heterocycles. The number of hydrogen-bond acceptors (Lipinski definition) is 4. The van der Waals surface area contributed by atoms with Crippen LogP contribution in [0.25, 0.3) is 0 Å². The SMILES string of the molecule is C[C@H](NC(=O)c1cccc(Cl)c1Cl)C(=O)OCCN1CCCCCC1=O. The second-order valence-electron chi connectivity index (χ2n) is 6.16. The van der Waals surface area contributed by atoms with Crippen molar-refractivity contribution in [3.05, 3.63) is 33.8 Å². The van der Waals surface area contributed by atoms with Crippen LogP contribution in [-0.4, -0.2) is 48.4 Å². The Hall–Kier alpha value is -1.79. The Morgan fingerprint density at radius 2 is 2.04 bits per heavy atom. The number of nitrogens with one attached hydrogen (secondary N) is 1. The maximum atomic E-state index is 12.2. The first kappa shape index (κ1) is 20.5. The van der Waals surface area contributed by atoms with Gasteiger partial charge in [0.25, 0.3) is 5.91 Å². The molecule has 1 saturated heterocycles. The second-order valence-corrected chi connectivity index (χ2v) is 6.94.